The molecule has 1 atom stereocenters. The molecule has 82 valence electrons. The SMILES string of the molecule is CC(O)Cn1c(=O)cc2n(c1=O)CCS2. The van der Waals surface area contributed by atoms with E-state index in [4.69, 9.17) is 0 Å². The molecule has 0 fully saturated rings. The van der Waals surface area contributed by atoms with Crippen molar-refractivity contribution in [3.63, 3.8) is 0 Å². The van der Waals surface area contributed by atoms with E-state index in [-0.39, 0.29) is 17.8 Å². The van der Waals surface area contributed by atoms with E-state index in [2.05, 4.69) is 0 Å². The highest BCUT2D eigenvalue weighted by Gasteiger charge is 2.16. The lowest BCUT2D eigenvalue weighted by Crippen LogP contribution is -2.41. The zero-order valence-electron chi connectivity index (χ0n) is 8.34. The van der Waals surface area contributed by atoms with Crippen LogP contribution in [0.2, 0.25) is 0 Å². The fourth-order valence-electron chi connectivity index (χ4n) is 1.59. The smallest absolute Gasteiger partial charge is 0.331 e. The summed E-state index contributed by atoms with van der Waals surface area (Å²) in [7, 11) is 0. The highest BCUT2D eigenvalue weighted by Crippen LogP contribution is 2.21. The highest BCUT2D eigenvalue weighted by atomic mass is 32.2. The van der Waals surface area contributed by atoms with Gasteiger partial charge in [0.15, 0.2) is 0 Å². The van der Waals surface area contributed by atoms with Gasteiger partial charge in [0.1, 0.15) is 0 Å². The Morgan fingerprint density at radius 2 is 2.33 bits per heavy atom. The fourth-order valence-corrected chi connectivity index (χ4v) is 2.59. The van der Waals surface area contributed by atoms with E-state index in [1.807, 2.05) is 0 Å². The van der Waals surface area contributed by atoms with Crippen molar-refractivity contribution in [3.8, 4) is 0 Å². The van der Waals surface area contributed by atoms with Crippen LogP contribution in [0.4, 0.5) is 0 Å². The average Bonchev–Trinajstić information content (AvgIpc) is 2.59. The molecule has 0 saturated heterocycles. The fraction of sp³-hybridized carbons (Fsp3) is 0.556. The molecule has 1 unspecified atom stereocenters. The van der Waals surface area contributed by atoms with Crippen LogP contribution < -0.4 is 11.2 Å². The first-order chi connectivity index (χ1) is 7.09. The van der Waals surface area contributed by atoms with Crippen LogP contribution >= 0.6 is 11.8 Å². The Morgan fingerprint density at radius 3 is 3.00 bits per heavy atom. The van der Waals surface area contributed by atoms with Crippen LogP contribution in [-0.2, 0) is 13.1 Å². The van der Waals surface area contributed by atoms with Crippen molar-refractivity contribution >= 4 is 11.8 Å². The van der Waals surface area contributed by atoms with E-state index in [1.54, 1.807) is 11.5 Å². The second-order valence-corrected chi connectivity index (χ2v) is 4.68. The molecule has 5 nitrogen and oxygen atoms in total. The summed E-state index contributed by atoms with van der Waals surface area (Å²) >= 11 is 1.51. The maximum absolute atomic E-state index is 11.8. The molecule has 0 bridgehead atoms. The van der Waals surface area contributed by atoms with Crippen molar-refractivity contribution in [3.05, 3.63) is 26.9 Å². The first-order valence-electron chi connectivity index (χ1n) is 4.75. The van der Waals surface area contributed by atoms with Crippen LogP contribution in [0.3, 0.4) is 0 Å². The molecule has 1 aliphatic rings. The van der Waals surface area contributed by atoms with Gasteiger partial charge in [0.05, 0.1) is 17.7 Å². The third-order valence-corrected chi connectivity index (χ3v) is 3.27. The molecule has 1 N–H and O–H groups in total. The largest absolute Gasteiger partial charge is 0.392 e. The molecule has 1 aromatic rings. The van der Waals surface area contributed by atoms with E-state index in [9.17, 15) is 14.7 Å². The molecule has 1 aliphatic heterocycles. The predicted molar refractivity (Wildman–Crippen MR) is 57.4 cm³/mol. The number of aliphatic hydroxyl groups is 1. The summed E-state index contributed by atoms with van der Waals surface area (Å²) < 4.78 is 2.66. The van der Waals surface area contributed by atoms with Crippen LogP contribution in [0, 0.1) is 0 Å². The van der Waals surface area contributed by atoms with Gasteiger partial charge in [-0.15, -0.1) is 11.8 Å². The topological polar surface area (TPSA) is 64.2 Å². The summed E-state index contributed by atoms with van der Waals surface area (Å²) in [6.45, 7) is 2.25. The van der Waals surface area contributed by atoms with Crippen molar-refractivity contribution in [1.29, 1.82) is 0 Å². The second kappa shape index (κ2) is 3.86. The molecular weight excluding hydrogens is 216 g/mol. The van der Waals surface area contributed by atoms with Gasteiger partial charge in [-0.1, -0.05) is 0 Å². The predicted octanol–water partition coefficient (Wildman–Crippen LogP) is -0.504. The van der Waals surface area contributed by atoms with Gasteiger partial charge >= 0.3 is 5.69 Å². The number of rotatable bonds is 2. The first-order valence-corrected chi connectivity index (χ1v) is 5.73. The van der Waals surface area contributed by atoms with Crippen LogP contribution in [0.15, 0.2) is 20.7 Å². The molecule has 15 heavy (non-hydrogen) atoms. The molecule has 0 aliphatic carbocycles. The van der Waals surface area contributed by atoms with Crippen LogP contribution in [0.1, 0.15) is 6.92 Å². The van der Waals surface area contributed by atoms with Crippen molar-refractivity contribution in [2.75, 3.05) is 5.75 Å². The molecule has 2 rings (SSSR count). The Bertz CT molecular complexity index is 489. The zero-order chi connectivity index (χ0) is 11.0. The third kappa shape index (κ3) is 1.87. The molecule has 0 saturated carbocycles. The molecule has 1 aromatic heterocycles. The molecular formula is C9H12N2O3S. The lowest BCUT2D eigenvalue weighted by Gasteiger charge is -2.09. The number of fused-ring (bicyclic) bond motifs is 1. The van der Waals surface area contributed by atoms with Crippen LogP contribution in [0.5, 0.6) is 0 Å². The normalized spacial score (nSPS) is 16.4. The summed E-state index contributed by atoms with van der Waals surface area (Å²) in [6.07, 6.45) is -0.692. The summed E-state index contributed by atoms with van der Waals surface area (Å²) in [6, 6.07) is 1.46. The molecule has 2 heterocycles. The number of aromatic nitrogens is 2. The Hall–Kier alpha value is -1.01. The molecule has 0 amide bonds. The Morgan fingerprint density at radius 1 is 1.60 bits per heavy atom. The van der Waals surface area contributed by atoms with E-state index in [0.717, 1.165) is 15.3 Å². The van der Waals surface area contributed by atoms with E-state index in [1.165, 1.54) is 17.8 Å². The molecule has 0 spiro atoms. The summed E-state index contributed by atoms with van der Waals surface area (Å²) in [5.41, 5.74) is -0.648. The van der Waals surface area contributed by atoms with Gasteiger partial charge in [-0.3, -0.25) is 13.9 Å². The van der Waals surface area contributed by atoms with Gasteiger partial charge in [-0.05, 0) is 6.92 Å². The second-order valence-electron chi connectivity index (χ2n) is 3.56. The number of thioether (sulfide) groups is 1. The Labute approximate surface area is 90.3 Å². The molecule has 0 radical (unpaired) electrons. The van der Waals surface area contributed by atoms with Crippen LogP contribution in [-0.4, -0.2) is 26.1 Å². The standard InChI is InChI=1S/C9H12N2O3S/c1-6(12)5-11-7(13)4-8-10(9(11)14)2-3-15-8/h4,6,12H,2-3,5H2,1H3. The van der Waals surface area contributed by atoms with Gasteiger partial charge in [0, 0.05) is 18.4 Å². The summed E-state index contributed by atoms with van der Waals surface area (Å²) in [5.74, 6) is 0.827. The van der Waals surface area contributed by atoms with E-state index in [0.29, 0.717) is 6.54 Å². The zero-order valence-corrected chi connectivity index (χ0v) is 9.16. The Kier molecular flexibility index (Phi) is 2.70. The van der Waals surface area contributed by atoms with Gasteiger partial charge in [0.2, 0.25) is 0 Å². The number of nitrogens with zero attached hydrogens (tertiary/aromatic N) is 2. The number of aliphatic hydroxyl groups excluding tert-OH is 1. The van der Waals surface area contributed by atoms with Crippen molar-refractivity contribution < 1.29 is 5.11 Å². The van der Waals surface area contributed by atoms with Crippen molar-refractivity contribution in [1.82, 2.24) is 9.13 Å². The third-order valence-electron chi connectivity index (χ3n) is 2.25. The highest BCUT2D eigenvalue weighted by molar-refractivity contribution is 7.99. The lowest BCUT2D eigenvalue weighted by molar-refractivity contribution is 0.169. The van der Waals surface area contributed by atoms with Gasteiger partial charge < -0.3 is 5.11 Å². The molecule has 6 heteroatoms. The van der Waals surface area contributed by atoms with E-state index >= 15 is 0 Å². The number of hydrogen-bond acceptors (Lipinski definition) is 4. The van der Waals surface area contributed by atoms with Crippen molar-refractivity contribution in [2.45, 2.75) is 31.1 Å². The number of hydrogen-bond donors (Lipinski definition) is 1. The van der Waals surface area contributed by atoms with Gasteiger partial charge in [-0.2, -0.15) is 0 Å². The van der Waals surface area contributed by atoms with Crippen molar-refractivity contribution in [2.24, 2.45) is 0 Å². The minimum atomic E-state index is -0.692. The van der Waals surface area contributed by atoms with Gasteiger partial charge in [-0.25, -0.2) is 4.79 Å². The van der Waals surface area contributed by atoms with Crippen LogP contribution in [0.25, 0.3) is 0 Å². The quantitative estimate of drug-likeness (QED) is 0.693. The summed E-state index contributed by atoms with van der Waals surface area (Å²) in [4.78, 5) is 23.4. The minimum Gasteiger partial charge on any atom is -0.392 e. The average molecular weight is 228 g/mol. The lowest BCUT2D eigenvalue weighted by atomic mass is 10.4. The summed E-state index contributed by atoms with van der Waals surface area (Å²) in [5, 5.41) is 9.92. The first kappa shape index (κ1) is 10.5. The van der Waals surface area contributed by atoms with Gasteiger partial charge in [0.25, 0.3) is 5.56 Å². The monoisotopic (exact) mass is 228 g/mol. The van der Waals surface area contributed by atoms with E-state index < -0.39 is 6.10 Å². The Balaban J connectivity index is 2.57. The maximum atomic E-state index is 11.8. The maximum Gasteiger partial charge on any atom is 0.331 e. The minimum absolute atomic E-state index is 0.0581. The molecule has 0 aromatic carbocycles.